The standard InChI is InChI=1S/C20H10Cl2O5/c21-11-7-8-12(14(22)10-11)18-19(27-20(24)16-6-3-9-25-16)17(23)13-4-1-2-5-15(13)26-18/h1-10H. The monoisotopic (exact) mass is 400 g/mol. The van der Waals surface area contributed by atoms with E-state index in [1.54, 1.807) is 36.4 Å². The number of fused-ring (bicyclic) bond motifs is 1. The van der Waals surface area contributed by atoms with E-state index in [2.05, 4.69) is 0 Å². The van der Waals surface area contributed by atoms with Crippen molar-refractivity contribution in [1.29, 1.82) is 0 Å². The number of ether oxygens (including phenoxy) is 1. The molecule has 0 radical (unpaired) electrons. The van der Waals surface area contributed by atoms with Crippen molar-refractivity contribution in [3.8, 4) is 17.1 Å². The summed E-state index contributed by atoms with van der Waals surface area (Å²) in [7, 11) is 0. The van der Waals surface area contributed by atoms with E-state index in [1.807, 2.05) is 0 Å². The highest BCUT2D eigenvalue weighted by Gasteiger charge is 2.23. The van der Waals surface area contributed by atoms with E-state index >= 15 is 0 Å². The predicted octanol–water partition coefficient (Wildman–Crippen LogP) is 5.58. The van der Waals surface area contributed by atoms with Crippen LogP contribution in [0, 0.1) is 0 Å². The van der Waals surface area contributed by atoms with E-state index < -0.39 is 11.4 Å². The van der Waals surface area contributed by atoms with Crippen molar-refractivity contribution in [2.45, 2.75) is 0 Å². The van der Waals surface area contributed by atoms with Crippen molar-refractivity contribution in [2.75, 3.05) is 0 Å². The van der Waals surface area contributed by atoms with Crippen LogP contribution in [0.1, 0.15) is 10.6 Å². The fourth-order valence-corrected chi connectivity index (χ4v) is 3.10. The molecule has 0 N–H and O–H groups in total. The van der Waals surface area contributed by atoms with Crippen LogP contribution in [-0.4, -0.2) is 5.97 Å². The number of rotatable bonds is 3. The van der Waals surface area contributed by atoms with E-state index in [9.17, 15) is 9.59 Å². The summed E-state index contributed by atoms with van der Waals surface area (Å²) < 4.78 is 16.2. The average molecular weight is 401 g/mol. The zero-order valence-corrected chi connectivity index (χ0v) is 15.1. The molecule has 4 rings (SSSR count). The highest BCUT2D eigenvalue weighted by Crippen LogP contribution is 2.36. The number of carbonyl (C=O) groups is 1. The van der Waals surface area contributed by atoms with E-state index in [0.29, 0.717) is 16.2 Å². The number of esters is 1. The zero-order chi connectivity index (χ0) is 19.0. The van der Waals surface area contributed by atoms with Crippen molar-refractivity contribution in [2.24, 2.45) is 0 Å². The minimum atomic E-state index is -0.825. The SMILES string of the molecule is O=C(Oc1c(-c2ccc(Cl)cc2Cl)oc2ccccc2c1=O)c1ccco1. The maximum atomic E-state index is 13.0. The molecule has 0 unspecified atom stereocenters. The molecule has 0 saturated heterocycles. The first-order valence-electron chi connectivity index (χ1n) is 7.81. The molecule has 7 heteroatoms. The number of hydrogen-bond donors (Lipinski definition) is 0. The lowest BCUT2D eigenvalue weighted by atomic mass is 10.1. The Hall–Kier alpha value is -3.02. The van der Waals surface area contributed by atoms with Gasteiger partial charge in [0.2, 0.25) is 16.9 Å². The van der Waals surface area contributed by atoms with Gasteiger partial charge in [-0.2, -0.15) is 0 Å². The normalized spacial score (nSPS) is 10.9. The molecule has 0 aliphatic rings. The first-order valence-corrected chi connectivity index (χ1v) is 8.57. The summed E-state index contributed by atoms with van der Waals surface area (Å²) in [6.07, 6.45) is 1.33. The Morgan fingerprint density at radius 3 is 2.56 bits per heavy atom. The van der Waals surface area contributed by atoms with Crippen LogP contribution in [0.4, 0.5) is 0 Å². The lowest BCUT2D eigenvalue weighted by Gasteiger charge is -2.11. The van der Waals surface area contributed by atoms with Gasteiger partial charge in [-0.25, -0.2) is 4.79 Å². The van der Waals surface area contributed by atoms with Gasteiger partial charge in [0.05, 0.1) is 16.7 Å². The second-order valence-corrected chi connectivity index (χ2v) is 6.42. The zero-order valence-electron chi connectivity index (χ0n) is 13.6. The van der Waals surface area contributed by atoms with Crippen LogP contribution in [0.2, 0.25) is 10.0 Å². The Balaban J connectivity index is 1.95. The number of hydrogen-bond acceptors (Lipinski definition) is 5. The van der Waals surface area contributed by atoms with Crippen molar-refractivity contribution in [3.63, 3.8) is 0 Å². The fourth-order valence-electron chi connectivity index (χ4n) is 2.61. The highest BCUT2D eigenvalue weighted by molar-refractivity contribution is 6.36. The second-order valence-electron chi connectivity index (χ2n) is 5.58. The summed E-state index contributed by atoms with van der Waals surface area (Å²) >= 11 is 12.2. The summed E-state index contributed by atoms with van der Waals surface area (Å²) in [4.78, 5) is 25.3. The maximum absolute atomic E-state index is 13.0. The Labute approximate surface area is 162 Å². The maximum Gasteiger partial charge on any atom is 0.379 e. The van der Waals surface area contributed by atoms with Crippen LogP contribution in [0.25, 0.3) is 22.3 Å². The van der Waals surface area contributed by atoms with Crippen LogP contribution in [0.15, 0.2) is 74.5 Å². The van der Waals surface area contributed by atoms with Gasteiger partial charge >= 0.3 is 5.97 Å². The molecule has 0 saturated carbocycles. The summed E-state index contributed by atoms with van der Waals surface area (Å²) in [5.74, 6) is -1.12. The molecule has 0 aliphatic carbocycles. The molecule has 0 fully saturated rings. The summed E-state index contributed by atoms with van der Waals surface area (Å²) in [6, 6.07) is 14.3. The van der Waals surface area contributed by atoms with E-state index in [-0.39, 0.29) is 27.7 Å². The molecular formula is C20H10Cl2O5. The highest BCUT2D eigenvalue weighted by atomic mass is 35.5. The Morgan fingerprint density at radius 1 is 1.00 bits per heavy atom. The number of halogens is 2. The lowest BCUT2D eigenvalue weighted by Crippen LogP contribution is -2.16. The third-order valence-corrected chi connectivity index (χ3v) is 4.40. The first-order chi connectivity index (χ1) is 13.0. The van der Waals surface area contributed by atoms with Gasteiger partial charge in [-0.05, 0) is 42.5 Å². The van der Waals surface area contributed by atoms with E-state index in [4.69, 9.17) is 36.8 Å². The van der Waals surface area contributed by atoms with Gasteiger partial charge < -0.3 is 13.6 Å². The average Bonchev–Trinajstić information content (AvgIpc) is 3.19. The Kier molecular flexibility index (Phi) is 4.48. The lowest BCUT2D eigenvalue weighted by molar-refractivity contribution is 0.0698. The summed E-state index contributed by atoms with van der Waals surface area (Å²) in [6.45, 7) is 0. The molecule has 2 aromatic heterocycles. The smallest absolute Gasteiger partial charge is 0.379 e. The first kappa shape index (κ1) is 17.4. The van der Waals surface area contributed by atoms with E-state index in [1.165, 1.54) is 24.5 Å². The van der Waals surface area contributed by atoms with Crippen LogP contribution in [0.3, 0.4) is 0 Å². The third kappa shape index (κ3) is 3.23. The van der Waals surface area contributed by atoms with Gasteiger partial charge in [-0.1, -0.05) is 35.3 Å². The molecule has 0 aliphatic heterocycles. The molecule has 27 heavy (non-hydrogen) atoms. The second kappa shape index (κ2) is 6.95. The Bertz CT molecular complexity index is 1210. The van der Waals surface area contributed by atoms with Gasteiger partial charge in [-0.15, -0.1) is 0 Å². The molecule has 5 nitrogen and oxygen atoms in total. The van der Waals surface area contributed by atoms with E-state index in [0.717, 1.165) is 0 Å². The van der Waals surface area contributed by atoms with Gasteiger partial charge in [0.15, 0.2) is 5.76 Å². The molecular weight excluding hydrogens is 391 g/mol. The van der Waals surface area contributed by atoms with Gasteiger partial charge in [0.1, 0.15) is 5.58 Å². The van der Waals surface area contributed by atoms with Crippen LogP contribution in [-0.2, 0) is 0 Å². The fraction of sp³-hybridized carbons (Fsp3) is 0. The van der Waals surface area contributed by atoms with Crippen LogP contribution in [0.5, 0.6) is 5.75 Å². The molecule has 2 heterocycles. The Morgan fingerprint density at radius 2 is 1.81 bits per heavy atom. The predicted molar refractivity (Wildman–Crippen MR) is 102 cm³/mol. The van der Waals surface area contributed by atoms with Gasteiger partial charge in [-0.3, -0.25) is 4.79 Å². The largest absolute Gasteiger partial charge is 0.457 e. The molecule has 2 aromatic carbocycles. The number of benzene rings is 2. The topological polar surface area (TPSA) is 69.7 Å². The summed E-state index contributed by atoms with van der Waals surface area (Å²) in [5, 5.41) is 0.936. The molecule has 4 aromatic rings. The van der Waals surface area contributed by atoms with Crippen molar-refractivity contribution in [3.05, 3.63) is 86.9 Å². The molecule has 0 spiro atoms. The van der Waals surface area contributed by atoms with Crippen LogP contribution < -0.4 is 10.2 Å². The molecule has 0 atom stereocenters. The van der Waals surface area contributed by atoms with Crippen LogP contribution >= 0.6 is 23.2 Å². The number of carbonyl (C=O) groups excluding carboxylic acids is 1. The van der Waals surface area contributed by atoms with Gasteiger partial charge in [0.25, 0.3) is 0 Å². The number of para-hydroxylation sites is 1. The molecule has 0 bridgehead atoms. The minimum Gasteiger partial charge on any atom is -0.457 e. The summed E-state index contributed by atoms with van der Waals surface area (Å²) in [5.41, 5.74) is 0.199. The molecule has 0 amide bonds. The van der Waals surface area contributed by atoms with Gasteiger partial charge in [0, 0.05) is 10.6 Å². The quantitative estimate of drug-likeness (QED) is 0.419. The minimum absolute atomic E-state index is 0.0280. The third-order valence-electron chi connectivity index (χ3n) is 3.85. The van der Waals surface area contributed by atoms with Crippen molar-refractivity contribution < 1.29 is 18.4 Å². The molecule has 134 valence electrons. The van der Waals surface area contributed by atoms with Crippen molar-refractivity contribution in [1.82, 2.24) is 0 Å². The number of furan rings is 1. The van der Waals surface area contributed by atoms with Crippen molar-refractivity contribution >= 4 is 40.1 Å².